The monoisotopic (exact) mass is 377 g/mol. The number of benzene rings is 2. The summed E-state index contributed by atoms with van der Waals surface area (Å²) in [6.07, 6.45) is -0.850. The van der Waals surface area contributed by atoms with E-state index in [2.05, 4.69) is 10.6 Å². The van der Waals surface area contributed by atoms with Gasteiger partial charge in [-0.2, -0.15) is 0 Å². The van der Waals surface area contributed by atoms with Gasteiger partial charge in [-0.1, -0.05) is 18.2 Å². The first-order valence-corrected chi connectivity index (χ1v) is 8.26. The Morgan fingerprint density at radius 3 is 2.59 bits per heavy atom. The SMILES string of the molecule is CCOC(=O)Nc1cc(NC(C)COc2ccccc2)c([N+](=O)[O-])cc1F. The molecule has 1 amide bonds. The smallest absolute Gasteiger partial charge is 0.411 e. The predicted octanol–water partition coefficient (Wildman–Crippen LogP) is 4.18. The average Bonchev–Trinajstić information content (AvgIpc) is 2.63. The molecule has 2 rings (SSSR count). The maximum atomic E-state index is 14.1. The van der Waals surface area contributed by atoms with E-state index in [9.17, 15) is 19.3 Å². The van der Waals surface area contributed by atoms with Gasteiger partial charge in [-0.3, -0.25) is 15.4 Å². The van der Waals surface area contributed by atoms with Gasteiger partial charge in [-0.25, -0.2) is 9.18 Å². The molecule has 0 aromatic heterocycles. The second-order valence-corrected chi connectivity index (χ2v) is 5.62. The Labute approximate surface area is 155 Å². The number of hydrogen-bond acceptors (Lipinski definition) is 6. The van der Waals surface area contributed by atoms with Crippen molar-refractivity contribution < 1.29 is 23.6 Å². The molecule has 0 bridgehead atoms. The molecule has 2 N–H and O–H groups in total. The second kappa shape index (κ2) is 9.37. The molecule has 0 heterocycles. The van der Waals surface area contributed by atoms with Gasteiger partial charge < -0.3 is 14.8 Å². The topological polar surface area (TPSA) is 103 Å². The summed E-state index contributed by atoms with van der Waals surface area (Å²) in [6, 6.07) is 10.6. The Hall–Kier alpha value is -3.36. The number of anilines is 2. The maximum absolute atomic E-state index is 14.1. The van der Waals surface area contributed by atoms with Crippen LogP contribution in [0.25, 0.3) is 0 Å². The van der Waals surface area contributed by atoms with E-state index in [1.165, 1.54) is 0 Å². The number of para-hydroxylation sites is 1. The molecule has 0 aliphatic rings. The lowest BCUT2D eigenvalue weighted by molar-refractivity contribution is -0.384. The van der Waals surface area contributed by atoms with E-state index in [1.54, 1.807) is 26.0 Å². The van der Waals surface area contributed by atoms with Crippen molar-refractivity contribution in [3.05, 3.63) is 58.4 Å². The number of nitro groups is 1. The summed E-state index contributed by atoms with van der Waals surface area (Å²) in [6.45, 7) is 3.69. The standard InChI is InChI=1S/C18H20FN3O5/c1-3-26-18(23)21-15-10-16(17(22(24)25)9-14(15)19)20-12(2)11-27-13-7-5-4-6-8-13/h4-10,12,20H,3,11H2,1-2H3,(H,21,23). The number of amides is 1. The van der Waals surface area contributed by atoms with Gasteiger partial charge in [0, 0.05) is 0 Å². The van der Waals surface area contributed by atoms with Crippen LogP contribution in [0, 0.1) is 15.9 Å². The number of halogens is 1. The first-order chi connectivity index (χ1) is 12.9. The minimum Gasteiger partial charge on any atom is -0.491 e. The van der Waals surface area contributed by atoms with E-state index < -0.39 is 22.5 Å². The Bertz CT molecular complexity index is 801. The van der Waals surface area contributed by atoms with Crippen molar-refractivity contribution in [3.8, 4) is 5.75 Å². The molecule has 2 aromatic rings. The molecule has 0 aliphatic heterocycles. The summed E-state index contributed by atoms with van der Waals surface area (Å²) in [5.41, 5.74) is -0.622. The Kier molecular flexibility index (Phi) is 6.93. The van der Waals surface area contributed by atoms with Gasteiger partial charge >= 0.3 is 6.09 Å². The molecule has 0 radical (unpaired) electrons. The summed E-state index contributed by atoms with van der Waals surface area (Å²) in [7, 11) is 0. The van der Waals surface area contributed by atoms with E-state index >= 15 is 0 Å². The number of nitrogens with one attached hydrogen (secondary N) is 2. The highest BCUT2D eigenvalue weighted by Crippen LogP contribution is 2.31. The highest BCUT2D eigenvalue weighted by atomic mass is 19.1. The van der Waals surface area contributed by atoms with Crippen molar-refractivity contribution in [1.82, 2.24) is 0 Å². The Morgan fingerprint density at radius 1 is 1.26 bits per heavy atom. The van der Waals surface area contributed by atoms with Crippen LogP contribution >= 0.6 is 0 Å². The van der Waals surface area contributed by atoms with Crippen LogP contribution in [0.5, 0.6) is 5.75 Å². The van der Waals surface area contributed by atoms with Crippen LogP contribution in [-0.2, 0) is 4.74 Å². The molecular formula is C18H20FN3O5. The van der Waals surface area contributed by atoms with Gasteiger partial charge in [0.15, 0.2) is 5.82 Å². The summed E-state index contributed by atoms with van der Waals surface area (Å²) in [5, 5.41) is 16.4. The van der Waals surface area contributed by atoms with E-state index in [0.717, 1.165) is 12.1 Å². The zero-order valence-electron chi connectivity index (χ0n) is 14.9. The molecule has 0 aliphatic carbocycles. The van der Waals surface area contributed by atoms with Crippen LogP contribution in [0.15, 0.2) is 42.5 Å². The summed E-state index contributed by atoms with van der Waals surface area (Å²) in [4.78, 5) is 22.0. The number of rotatable bonds is 8. The van der Waals surface area contributed by atoms with Crippen molar-refractivity contribution in [2.75, 3.05) is 23.8 Å². The fraction of sp³-hybridized carbons (Fsp3) is 0.278. The minimum absolute atomic E-state index is 0.0531. The van der Waals surface area contributed by atoms with Gasteiger partial charge in [0.1, 0.15) is 18.0 Å². The molecule has 27 heavy (non-hydrogen) atoms. The van der Waals surface area contributed by atoms with Gasteiger partial charge in [0.2, 0.25) is 0 Å². The second-order valence-electron chi connectivity index (χ2n) is 5.62. The molecule has 8 nitrogen and oxygen atoms in total. The molecule has 9 heteroatoms. The van der Waals surface area contributed by atoms with Crippen molar-refractivity contribution in [3.63, 3.8) is 0 Å². The first kappa shape index (κ1) is 20.0. The minimum atomic E-state index is -0.937. The van der Waals surface area contributed by atoms with Crippen molar-refractivity contribution >= 4 is 23.2 Å². The fourth-order valence-corrected chi connectivity index (χ4v) is 2.25. The van der Waals surface area contributed by atoms with Crippen molar-refractivity contribution in [2.24, 2.45) is 0 Å². The third kappa shape index (κ3) is 5.84. The summed E-state index contributed by atoms with van der Waals surface area (Å²) in [5.74, 6) is -0.280. The zero-order chi connectivity index (χ0) is 19.8. The largest absolute Gasteiger partial charge is 0.491 e. The van der Waals surface area contributed by atoms with Crippen LogP contribution in [0.2, 0.25) is 0 Å². The maximum Gasteiger partial charge on any atom is 0.411 e. The number of carbonyl (C=O) groups is 1. The first-order valence-electron chi connectivity index (χ1n) is 8.26. The van der Waals surface area contributed by atoms with E-state index in [0.29, 0.717) is 5.75 Å². The van der Waals surface area contributed by atoms with Crippen LogP contribution < -0.4 is 15.4 Å². The fourth-order valence-electron chi connectivity index (χ4n) is 2.25. The number of nitrogens with zero attached hydrogens (tertiary/aromatic N) is 1. The third-order valence-electron chi connectivity index (χ3n) is 3.44. The highest BCUT2D eigenvalue weighted by Gasteiger charge is 2.21. The van der Waals surface area contributed by atoms with E-state index in [-0.39, 0.29) is 30.6 Å². The number of hydrogen-bond donors (Lipinski definition) is 2. The average molecular weight is 377 g/mol. The van der Waals surface area contributed by atoms with Crippen molar-refractivity contribution in [1.29, 1.82) is 0 Å². The third-order valence-corrected chi connectivity index (χ3v) is 3.44. The van der Waals surface area contributed by atoms with Gasteiger partial charge in [0.25, 0.3) is 5.69 Å². The van der Waals surface area contributed by atoms with Crippen molar-refractivity contribution in [2.45, 2.75) is 19.9 Å². The molecule has 0 fully saturated rings. The Balaban J connectivity index is 2.14. The van der Waals surface area contributed by atoms with Crippen LogP contribution in [0.3, 0.4) is 0 Å². The molecule has 1 unspecified atom stereocenters. The molecule has 2 aromatic carbocycles. The van der Waals surface area contributed by atoms with Crippen LogP contribution in [0.4, 0.5) is 26.2 Å². The lowest BCUT2D eigenvalue weighted by Gasteiger charge is -2.17. The quantitative estimate of drug-likeness (QED) is 0.528. The lowest BCUT2D eigenvalue weighted by Crippen LogP contribution is -2.24. The number of carbonyl (C=O) groups excluding carboxylic acids is 1. The number of nitro benzene ring substituents is 1. The van der Waals surface area contributed by atoms with Gasteiger partial charge in [-0.05, 0) is 32.0 Å². The lowest BCUT2D eigenvalue weighted by atomic mass is 10.2. The van der Waals surface area contributed by atoms with Gasteiger partial charge in [-0.15, -0.1) is 0 Å². The van der Waals surface area contributed by atoms with E-state index in [1.807, 2.05) is 18.2 Å². The zero-order valence-corrected chi connectivity index (χ0v) is 14.9. The highest BCUT2D eigenvalue weighted by molar-refractivity contribution is 5.86. The van der Waals surface area contributed by atoms with E-state index in [4.69, 9.17) is 9.47 Å². The van der Waals surface area contributed by atoms with Crippen LogP contribution in [-0.4, -0.2) is 30.3 Å². The molecule has 0 saturated heterocycles. The molecule has 1 atom stereocenters. The predicted molar refractivity (Wildman–Crippen MR) is 98.7 cm³/mol. The Morgan fingerprint density at radius 2 is 1.96 bits per heavy atom. The molecule has 0 spiro atoms. The number of ether oxygens (including phenoxy) is 2. The molecule has 0 saturated carbocycles. The molecular weight excluding hydrogens is 357 g/mol. The summed E-state index contributed by atoms with van der Waals surface area (Å²) < 4.78 is 24.4. The molecule has 144 valence electrons. The summed E-state index contributed by atoms with van der Waals surface area (Å²) >= 11 is 0. The normalized spacial score (nSPS) is 11.4. The van der Waals surface area contributed by atoms with Crippen LogP contribution in [0.1, 0.15) is 13.8 Å². The van der Waals surface area contributed by atoms with Gasteiger partial charge in [0.05, 0.1) is 29.3 Å².